The molecular weight excluding hydrogens is 516 g/mol. The zero-order chi connectivity index (χ0) is 28.2. The zero-order valence-corrected chi connectivity index (χ0v) is 20.7. The molecule has 0 bridgehead atoms. The van der Waals surface area contributed by atoms with Crippen LogP contribution in [0.1, 0.15) is 33.1 Å². The number of carbonyl (C=O) groups excluding carboxylic acids is 1. The van der Waals surface area contributed by atoms with Crippen molar-refractivity contribution < 1.29 is 40.7 Å². The molecular formula is C26H23F6N3O3. The molecule has 0 fully saturated rings. The van der Waals surface area contributed by atoms with Gasteiger partial charge in [-0.15, -0.1) is 0 Å². The fourth-order valence-corrected chi connectivity index (χ4v) is 4.19. The second-order valence-corrected chi connectivity index (χ2v) is 9.15. The summed E-state index contributed by atoms with van der Waals surface area (Å²) in [6.45, 7) is 3.46. The van der Waals surface area contributed by atoms with Crippen molar-refractivity contribution in [2.45, 2.75) is 38.3 Å². The van der Waals surface area contributed by atoms with E-state index in [0.717, 1.165) is 6.07 Å². The highest BCUT2D eigenvalue weighted by molar-refractivity contribution is 5.94. The molecule has 0 atom stereocenters. The third-order valence-corrected chi connectivity index (χ3v) is 6.33. The van der Waals surface area contributed by atoms with E-state index in [0.29, 0.717) is 45.9 Å². The van der Waals surface area contributed by atoms with Gasteiger partial charge in [0.25, 0.3) is 11.5 Å². The van der Waals surface area contributed by atoms with Crippen LogP contribution >= 0.6 is 0 Å². The second kappa shape index (κ2) is 9.19. The summed E-state index contributed by atoms with van der Waals surface area (Å²) in [5, 5.41) is 9.84. The number of nitrogens with zero attached hydrogens (tertiary/aromatic N) is 3. The molecule has 38 heavy (non-hydrogen) atoms. The number of benzene rings is 2. The number of aromatic nitrogens is 2. The molecule has 0 aliphatic carbocycles. The van der Waals surface area contributed by atoms with Gasteiger partial charge in [-0.05, 0) is 56.3 Å². The average Bonchev–Trinajstić information content (AvgIpc) is 3.35. The van der Waals surface area contributed by atoms with E-state index in [1.807, 2.05) is 0 Å². The predicted octanol–water partition coefficient (Wildman–Crippen LogP) is 5.98. The van der Waals surface area contributed by atoms with Crippen LogP contribution in [0.3, 0.4) is 0 Å². The first kappa shape index (κ1) is 27.2. The first-order valence-corrected chi connectivity index (χ1v) is 11.3. The Balaban J connectivity index is 1.68. The number of hydrogen-bond acceptors (Lipinski definition) is 4. The van der Waals surface area contributed by atoms with Crippen molar-refractivity contribution in [3.63, 3.8) is 0 Å². The third-order valence-electron chi connectivity index (χ3n) is 6.33. The van der Waals surface area contributed by atoms with E-state index in [1.54, 1.807) is 56.8 Å². The second-order valence-electron chi connectivity index (χ2n) is 9.15. The molecule has 2 heterocycles. The van der Waals surface area contributed by atoms with E-state index in [1.165, 1.54) is 11.0 Å². The fourth-order valence-electron chi connectivity index (χ4n) is 4.19. The first-order chi connectivity index (χ1) is 17.5. The van der Waals surface area contributed by atoms with Crippen LogP contribution in [0.15, 0.2) is 52.9 Å². The lowest BCUT2D eigenvalue weighted by Crippen LogP contribution is -2.53. The van der Waals surface area contributed by atoms with Gasteiger partial charge < -0.3 is 19.0 Å². The van der Waals surface area contributed by atoms with E-state index >= 15 is 0 Å². The van der Waals surface area contributed by atoms with Crippen molar-refractivity contribution in [3.05, 3.63) is 76.8 Å². The minimum atomic E-state index is -5.97. The Kier molecular flexibility index (Phi) is 6.59. The van der Waals surface area contributed by atoms with Gasteiger partial charge in [-0.1, -0.05) is 6.07 Å². The molecule has 202 valence electrons. The summed E-state index contributed by atoms with van der Waals surface area (Å²) in [5.41, 5.74) is -3.82. The summed E-state index contributed by atoms with van der Waals surface area (Å²) in [6.07, 6.45) is -11.9. The zero-order valence-electron chi connectivity index (χ0n) is 20.7. The summed E-state index contributed by atoms with van der Waals surface area (Å²) in [5.74, 6) is 0.593. The summed E-state index contributed by atoms with van der Waals surface area (Å²) < 4.78 is 87.4. The number of amides is 1. The number of halogens is 6. The Morgan fingerprint density at radius 1 is 0.974 bits per heavy atom. The number of carbonyl (C=O) groups is 1. The minimum absolute atomic E-state index is 0.0921. The molecule has 0 aliphatic heterocycles. The van der Waals surface area contributed by atoms with Gasteiger partial charge in [0.05, 0.1) is 6.54 Å². The average molecular weight is 539 g/mol. The lowest BCUT2D eigenvalue weighted by Gasteiger charge is -2.32. The molecule has 0 spiro atoms. The normalized spacial score (nSPS) is 12.8. The maximum absolute atomic E-state index is 13.3. The maximum Gasteiger partial charge on any atom is 0.430 e. The van der Waals surface area contributed by atoms with Crippen molar-refractivity contribution in [2.75, 3.05) is 14.1 Å². The quantitative estimate of drug-likeness (QED) is 0.317. The van der Waals surface area contributed by atoms with Crippen LogP contribution in [-0.2, 0) is 12.1 Å². The molecule has 2 aromatic heterocycles. The van der Waals surface area contributed by atoms with Crippen LogP contribution in [0.4, 0.5) is 26.3 Å². The SMILES string of the molecule is Cc1oc(-c2ccc(C(=O)N(C)C)cc2)nc1Cn1c(C)cc2cc(C(O)(C(F)(F)F)C(F)(F)F)ccc21. The number of rotatable bonds is 5. The van der Waals surface area contributed by atoms with Gasteiger partial charge in [0.15, 0.2) is 0 Å². The van der Waals surface area contributed by atoms with Gasteiger partial charge in [0.1, 0.15) is 11.5 Å². The Hall–Kier alpha value is -3.80. The van der Waals surface area contributed by atoms with Crippen molar-refractivity contribution in [1.82, 2.24) is 14.5 Å². The molecule has 12 heteroatoms. The highest BCUT2D eigenvalue weighted by Crippen LogP contribution is 2.50. The molecule has 0 unspecified atom stereocenters. The maximum atomic E-state index is 13.3. The third kappa shape index (κ3) is 4.53. The van der Waals surface area contributed by atoms with Gasteiger partial charge in [-0.3, -0.25) is 4.79 Å². The fraction of sp³-hybridized carbons (Fsp3) is 0.308. The van der Waals surface area contributed by atoms with E-state index in [-0.39, 0.29) is 23.7 Å². The van der Waals surface area contributed by atoms with Gasteiger partial charge >= 0.3 is 12.4 Å². The standard InChI is InChI=1S/C26H23F6N3O3/c1-14-11-18-12-19(24(37,25(27,28)29)26(30,31)32)9-10-21(18)35(14)13-20-15(2)38-22(33-20)16-5-7-17(8-6-16)23(36)34(3)4/h5-12,37H,13H2,1-4H3. The van der Waals surface area contributed by atoms with Crippen LogP contribution in [-0.4, -0.2) is 51.9 Å². The molecule has 4 rings (SSSR count). The Morgan fingerprint density at radius 3 is 2.13 bits per heavy atom. The molecule has 0 saturated heterocycles. The number of alkyl halides is 6. The van der Waals surface area contributed by atoms with Crippen LogP contribution in [0.5, 0.6) is 0 Å². The Labute approximate surface area is 213 Å². The molecule has 1 N–H and O–H groups in total. The molecule has 0 saturated carbocycles. The monoisotopic (exact) mass is 539 g/mol. The number of aliphatic hydroxyl groups is 1. The Morgan fingerprint density at radius 2 is 1.58 bits per heavy atom. The highest BCUT2D eigenvalue weighted by atomic mass is 19.4. The van der Waals surface area contributed by atoms with Gasteiger partial charge in [0, 0.05) is 47.4 Å². The summed E-state index contributed by atoms with van der Waals surface area (Å²) in [7, 11) is 3.28. The van der Waals surface area contributed by atoms with Crippen molar-refractivity contribution >= 4 is 16.8 Å². The van der Waals surface area contributed by atoms with Gasteiger partial charge in [0.2, 0.25) is 5.89 Å². The number of oxazole rings is 1. The summed E-state index contributed by atoms with van der Waals surface area (Å²) in [4.78, 5) is 18.1. The Bertz CT molecular complexity index is 1480. The number of aryl methyl sites for hydroxylation is 2. The van der Waals surface area contributed by atoms with Crippen molar-refractivity contribution in [2.24, 2.45) is 0 Å². The van der Waals surface area contributed by atoms with Crippen molar-refractivity contribution in [1.29, 1.82) is 0 Å². The number of hydrogen-bond donors (Lipinski definition) is 1. The van der Waals surface area contributed by atoms with Crippen LogP contribution < -0.4 is 0 Å². The topological polar surface area (TPSA) is 71.5 Å². The smallest absolute Gasteiger partial charge is 0.430 e. The summed E-state index contributed by atoms with van der Waals surface area (Å²) >= 11 is 0. The summed E-state index contributed by atoms with van der Waals surface area (Å²) in [6, 6.07) is 10.5. The molecule has 4 aromatic rings. The van der Waals surface area contributed by atoms with E-state index < -0.39 is 23.5 Å². The molecule has 0 aliphatic rings. The molecule has 2 aromatic carbocycles. The lowest BCUT2D eigenvalue weighted by molar-refractivity contribution is -0.376. The predicted molar refractivity (Wildman–Crippen MR) is 126 cm³/mol. The largest absolute Gasteiger partial charge is 0.441 e. The van der Waals surface area contributed by atoms with E-state index in [4.69, 9.17) is 4.42 Å². The van der Waals surface area contributed by atoms with Gasteiger partial charge in [-0.2, -0.15) is 26.3 Å². The van der Waals surface area contributed by atoms with E-state index in [2.05, 4.69) is 4.98 Å². The molecule has 1 amide bonds. The molecule has 0 radical (unpaired) electrons. The van der Waals surface area contributed by atoms with Crippen LogP contribution in [0.2, 0.25) is 0 Å². The van der Waals surface area contributed by atoms with Crippen LogP contribution in [0.25, 0.3) is 22.4 Å². The van der Waals surface area contributed by atoms with E-state index in [9.17, 15) is 36.2 Å². The van der Waals surface area contributed by atoms with Crippen molar-refractivity contribution in [3.8, 4) is 11.5 Å². The highest BCUT2D eigenvalue weighted by Gasteiger charge is 2.71. The van der Waals surface area contributed by atoms with Gasteiger partial charge in [-0.25, -0.2) is 4.98 Å². The lowest BCUT2D eigenvalue weighted by atomic mass is 9.91. The van der Waals surface area contributed by atoms with Crippen LogP contribution in [0, 0.1) is 13.8 Å². The minimum Gasteiger partial charge on any atom is -0.441 e. The number of fused-ring (bicyclic) bond motifs is 1. The molecule has 6 nitrogen and oxygen atoms in total. The first-order valence-electron chi connectivity index (χ1n) is 11.3.